The second-order valence-corrected chi connectivity index (χ2v) is 9.58. The lowest BCUT2D eigenvalue weighted by atomic mass is 10.2. The van der Waals surface area contributed by atoms with Crippen molar-refractivity contribution in [3.8, 4) is 22.2 Å². The summed E-state index contributed by atoms with van der Waals surface area (Å²) in [6.45, 7) is 4.83. The van der Waals surface area contributed by atoms with Gasteiger partial charge in [-0.25, -0.2) is 15.0 Å². The van der Waals surface area contributed by atoms with Gasteiger partial charge in [-0.3, -0.25) is 9.78 Å². The molecule has 4 heterocycles. The first-order valence-corrected chi connectivity index (χ1v) is 12.4. The highest BCUT2D eigenvalue weighted by molar-refractivity contribution is 7.14. The molecule has 9 heteroatoms. The molecule has 5 rings (SSSR count). The number of pyridine rings is 3. The zero-order valence-electron chi connectivity index (χ0n) is 19.6. The lowest BCUT2D eigenvalue weighted by molar-refractivity contribution is 0.1000. The minimum Gasteiger partial charge on any atom is -0.444 e. The average molecular weight is 487 g/mol. The normalized spacial score (nSPS) is 13.0. The molecule has 1 amide bonds. The summed E-state index contributed by atoms with van der Waals surface area (Å²) in [6, 6.07) is 13.1. The van der Waals surface area contributed by atoms with Gasteiger partial charge in [-0.15, -0.1) is 0 Å². The largest absolute Gasteiger partial charge is 0.444 e. The van der Waals surface area contributed by atoms with Crippen molar-refractivity contribution >= 4 is 28.9 Å². The molecule has 0 bridgehead atoms. The molecule has 2 N–H and O–H groups in total. The smallest absolute Gasteiger partial charge is 0.250 e. The summed E-state index contributed by atoms with van der Waals surface area (Å²) in [5.74, 6) is 2.18. The maximum atomic E-state index is 11.5. The standard InChI is InChI=1S/C26H26N6O2S/c1-3-23-31-24(20-6-4-5-16(2)30-20)26(35-23)34-19-11-12-28-22(13-19)32(15-17-7-8-17)21-10-9-18(14-29-21)25(27)33/h4-6,9-14,17H,3,7-8,15H2,1-2H3,(H2,27,33). The number of carbonyl (C=O) groups excluding carboxylic acids is 1. The van der Waals surface area contributed by atoms with Crippen LogP contribution in [-0.4, -0.2) is 32.4 Å². The van der Waals surface area contributed by atoms with Crippen molar-refractivity contribution in [1.82, 2.24) is 19.9 Å². The van der Waals surface area contributed by atoms with Gasteiger partial charge in [0.25, 0.3) is 0 Å². The minimum absolute atomic E-state index is 0.374. The van der Waals surface area contributed by atoms with Gasteiger partial charge in [0.1, 0.15) is 23.1 Å². The van der Waals surface area contributed by atoms with Gasteiger partial charge in [-0.05, 0) is 62.4 Å². The third-order valence-corrected chi connectivity index (χ3v) is 6.80. The molecule has 0 saturated heterocycles. The van der Waals surface area contributed by atoms with Crippen LogP contribution in [0, 0.1) is 12.8 Å². The third-order valence-electron chi connectivity index (χ3n) is 5.72. The molecule has 4 aromatic heterocycles. The summed E-state index contributed by atoms with van der Waals surface area (Å²) in [7, 11) is 0. The van der Waals surface area contributed by atoms with Crippen LogP contribution in [0.5, 0.6) is 10.8 Å². The summed E-state index contributed by atoms with van der Waals surface area (Å²) >= 11 is 1.53. The molecule has 0 atom stereocenters. The van der Waals surface area contributed by atoms with Crippen molar-refractivity contribution in [1.29, 1.82) is 0 Å². The Morgan fingerprint density at radius 3 is 2.69 bits per heavy atom. The minimum atomic E-state index is -0.499. The topological polar surface area (TPSA) is 107 Å². The van der Waals surface area contributed by atoms with Gasteiger partial charge in [0.2, 0.25) is 11.0 Å². The number of carbonyl (C=O) groups is 1. The fourth-order valence-corrected chi connectivity index (χ4v) is 4.56. The van der Waals surface area contributed by atoms with Gasteiger partial charge in [0, 0.05) is 30.7 Å². The number of nitrogens with two attached hydrogens (primary N) is 1. The van der Waals surface area contributed by atoms with Crippen LogP contribution >= 0.6 is 11.3 Å². The van der Waals surface area contributed by atoms with Crippen molar-refractivity contribution in [2.24, 2.45) is 11.7 Å². The van der Waals surface area contributed by atoms with Gasteiger partial charge in [0.05, 0.1) is 16.3 Å². The zero-order chi connectivity index (χ0) is 24.4. The number of nitrogens with zero attached hydrogens (tertiary/aromatic N) is 5. The molecular formula is C26H26N6O2S. The number of hydrogen-bond donors (Lipinski definition) is 1. The van der Waals surface area contributed by atoms with Crippen molar-refractivity contribution in [2.45, 2.75) is 33.1 Å². The highest BCUT2D eigenvalue weighted by Gasteiger charge is 2.27. The number of hydrogen-bond acceptors (Lipinski definition) is 8. The van der Waals surface area contributed by atoms with E-state index in [0.717, 1.165) is 40.9 Å². The molecule has 0 spiro atoms. The molecule has 1 aliphatic carbocycles. The summed E-state index contributed by atoms with van der Waals surface area (Å²) in [5, 5.41) is 1.69. The van der Waals surface area contributed by atoms with Crippen LogP contribution in [0.3, 0.4) is 0 Å². The number of aryl methyl sites for hydroxylation is 2. The quantitative estimate of drug-likeness (QED) is 0.342. The SMILES string of the molecule is CCc1nc(-c2cccc(C)n2)c(Oc2ccnc(N(CC3CC3)c3ccc(C(N)=O)cn3)c2)s1. The van der Waals surface area contributed by atoms with Gasteiger partial charge in [0.15, 0.2) is 0 Å². The number of thiazole rings is 1. The number of ether oxygens (including phenoxy) is 1. The monoisotopic (exact) mass is 486 g/mol. The van der Waals surface area contributed by atoms with E-state index in [0.29, 0.717) is 28.1 Å². The maximum Gasteiger partial charge on any atom is 0.250 e. The van der Waals surface area contributed by atoms with E-state index in [4.69, 9.17) is 15.5 Å². The van der Waals surface area contributed by atoms with Gasteiger partial charge in [-0.2, -0.15) is 0 Å². The molecule has 1 fully saturated rings. The second kappa shape index (κ2) is 9.79. The van der Waals surface area contributed by atoms with Crippen molar-refractivity contribution in [3.63, 3.8) is 0 Å². The Hall–Kier alpha value is -3.85. The zero-order valence-corrected chi connectivity index (χ0v) is 20.5. The first-order chi connectivity index (χ1) is 17.0. The van der Waals surface area contributed by atoms with Crippen LogP contribution in [0.1, 0.15) is 40.8 Å². The van der Waals surface area contributed by atoms with Gasteiger partial charge in [-0.1, -0.05) is 24.3 Å². The van der Waals surface area contributed by atoms with Crippen LogP contribution in [0.15, 0.2) is 54.9 Å². The molecular weight excluding hydrogens is 460 g/mol. The van der Waals surface area contributed by atoms with E-state index >= 15 is 0 Å². The lowest BCUT2D eigenvalue weighted by Gasteiger charge is -2.23. The fourth-order valence-electron chi connectivity index (χ4n) is 3.68. The number of amides is 1. The molecule has 1 aliphatic rings. The predicted molar refractivity (Wildman–Crippen MR) is 136 cm³/mol. The Balaban J connectivity index is 1.46. The molecule has 4 aromatic rings. The molecule has 0 aromatic carbocycles. The van der Waals surface area contributed by atoms with E-state index in [9.17, 15) is 4.79 Å². The van der Waals surface area contributed by atoms with Gasteiger partial charge >= 0.3 is 0 Å². The Labute approximate surface area is 207 Å². The van der Waals surface area contributed by atoms with Crippen molar-refractivity contribution < 1.29 is 9.53 Å². The summed E-state index contributed by atoms with van der Waals surface area (Å²) in [5.41, 5.74) is 8.21. The highest BCUT2D eigenvalue weighted by Crippen LogP contribution is 2.39. The van der Waals surface area contributed by atoms with E-state index in [1.165, 1.54) is 30.4 Å². The number of aromatic nitrogens is 4. The van der Waals surface area contributed by atoms with E-state index in [-0.39, 0.29) is 0 Å². The molecule has 0 aliphatic heterocycles. The van der Waals surface area contributed by atoms with E-state index in [2.05, 4.69) is 26.8 Å². The second-order valence-electron chi connectivity index (χ2n) is 8.54. The maximum absolute atomic E-state index is 11.5. The molecule has 8 nitrogen and oxygen atoms in total. The fraction of sp³-hybridized carbons (Fsp3) is 0.269. The van der Waals surface area contributed by atoms with Crippen LogP contribution in [-0.2, 0) is 6.42 Å². The number of primary amides is 1. The highest BCUT2D eigenvalue weighted by atomic mass is 32.1. The lowest BCUT2D eigenvalue weighted by Crippen LogP contribution is -2.22. The summed E-state index contributed by atoms with van der Waals surface area (Å²) < 4.78 is 6.35. The molecule has 35 heavy (non-hydrogen) atoms. The van der Waals surface area contributed by atoms with Crippen LogP contribution < -0.4 is 15.4 Å². The van der Waals surface area contributed by atoms with Crippen molar-refractivity contribution in [3.05, 3.63) is 71.1 Å². The first-order valence-electron chi connectivity index (χ1n) is 11.6. The Kier molecular flexibility index (Phi) is 6.41. The van der Waals surface area contributed by atoms with Crippen LogP contribution in [0.4, 0.5) is 11.6 Å². The summed E-state index contributed by atoms with van der Waals surface area (Å²) in [6.07, 6.45) is 6.41. The summed E-state index contributed by atoms with van der Waals surface area (Å²) in [4.78, 5) is 32.0. The van der Waals surface area contributed by atoms with Crippen LogP contribution in [0.2, 0.25) is 0 Å². The molecule has 1 saturated carbocycles. The Morgan fingerprint density at radius 1 is 1.14 bits per heavy atom. The molecule has 178 valence electrons. The van der Waals surface area contributed by atoms with E-state index < -0.39 is 5.91 Å². The Bertz CT molecular complexity index is 1350. The van der Waals surface area contributed by atoms with E-state index in [1.54, 1.807) is 18.3 Å². The third kappa shape index (κ3) is 5.30. The predicted octanol–water partition coefficient (Wildman–Crippen LogP) is 5.31. The number of anilines is 2. The molecule has 0 radical (unpaired) electrons. The number of rotatable bonds is 9. The molecule has 0 unspecified atom stereocenters. The van der Waals surface area contributed by atoms with Crippen LogP contribution in [0.25, 0.3) is 11.4 Å². The van der Waals surface area contributed by atoms with Gasteiger partial charge < -0.3 is 15.4 Å². The van der Waals surface area contributed by atoms with E-state index in [1.807, 2.05) is 37.3 Å². The first kappa shape index (κ1) is 22.9. The Morgan fingerprint density at radius 2 is 2.00 bits per heavy atom. The average Bonchev–Trinajstić information content (AvgIpc) is 3.60. The van der Waals surface area contributed by atoms with Crippen molar-refractivity contribution in [2.75, 3.05) is 11.4 Å².